The molecule has 2 rings (SSSR count). The van der Waals surface area contributed by atoms with Crippen LogP contribution in [0.2, 0.25) is 5.02 Å². The normalized spacial score (nSPS) is 10.3. The molecule has 3 nitrogen and oxygen atoms in total. The lowest BCUT2D eigenvalue weighted by molar-refractivity contribution is 0.102. The van der Waals surface area contributed by atoms with Crippen LogP contribution in [0.25, 0.3) is 0 Å². The molecule has 0 saturated heterocycles. The number of rotatable bonds is 2. The third-order valence-corrected chi connectivity index (χ3v) is 2.87. The highest BCUT2D eigenvalue weighted by atomic mass is 35.5. The van der Waals surface area contributed by atoms with E-state index in [1.165, 1.54) is 36.4 Å². The molecular formula is C14H11ClFNO2. The van der Waals surface area contributed by atoms with E-state index < -0.39 is 11.7 Å². The van der Waals surface area contributed by atoms with Crippen LogP contribution in [0.3, 0.4) is 0 Å². The molecule has 0 radical (unpaired) electrons. The summed E-state index contributed by atoms with van der Waals surface area (Å²) >= 11 is 5.74. The van der Waals surface area contributed by atoms with Crippen molar-refractivity contribution >= 4 is 23.2 Å². The fraction of sp³-hybridized carbons (Fsp3) is 0.0714. The first-order chi connectivity index (χ1) is 8.97. The third-order valence-electron chi connectivity index (χ3n) is 2.64. The lowest BCUT2D eigenvalue weighted by Gasteiger charge is -2.08. The number of aromatic hydroxyl groups is 1. The second-order valence-corrected chi connectivity index (χ2v) is 4.52. The maximum Gasteiger partial charge on any atom is 0.255 e. The molecule has 1 amide bonds. The van der Waals surface area contributed by atoms with Crippen LogP contribution in [0.15, 0.2) is 36.4 Å². The van der Waals surface area contributed by atoms with Crippen LogP contribution >= 0.6 is 11.6 Å². The van der Waals surface area contributed by atoms with Gasteiger partial charge in [0.15, 0.2) is 0 Å². The zero-order chi connectivity index (χ0) is 14.0. The van der Waals surface area contributed by atoms with Gasteiger partial charge >= 0.3 is 0 Å². The van der Waals surface area contributed by atoms with Gasteiger partial charge in [0.25, 0.3) is 5.91 Å². The number of hydrogen-bond acceptors (Lipinski definition) is 2. The number of aryl methyl sites for hydroxylation is 1. The average Bonchev–Trinajstić information content (AvgIpc) is 2.37. The summed E-state index contributed by atoms with van der Waals surface area (Å²) in [5.41, 5.74) is 0.914. The van der Waals surface area contributed by atoms with Crippen molar-refractivity contribution in [1.82, 2.24) is 0 Å². The predicted molar refractivity (Wildman–Crippen MR) is 72.2 cm³/mol. The van der Waals surface area contributed by atoms with Gasteiger partial charge in [-0.25, -0.2) is 4.39 Å². The van der Waals surface area contributed by atoms with Crippen molar-refractivity contribution in [2.24, 2.45) is 0 Å². The number of phenols is 1. The van der Waals surface area contributed by atoms with Gasteiger partial charge < -0.3 is 10.4 Å². The largest absolute Gasteiger partial charge is 0.508 e. The van der Waals surface area contributed by atoms with Crippen molar-refractivity contribution < 1.29 is 14.3 Å². The summed E-state index contributed by atoms with van der Waals surface area (Å²) in [6.07, 6.45) is 0. The summed E-state index contributed by atoms with van der Waals surface area (Å²) in [5.74, 6) is -0.928. The number of phenolic OH excluding ortho intramolecular Hbond substituents is 1. The lowest BCUT2D eigenvalue weighted by atomic mass is 10.1. The third kappa shape index (κ3) is 3.03. The van der Waals surface area contributed by atoms with Crippen molar-refractivity contribution in [2.75, 3.05) is 5.32 Å². The Bertz CT molecular complexity index is 643. The van der Waals surface area contributed by atoms with Gasteiger partial charge in [-0.05, 0) is 48.9 Å². The van der Waals surface area contributed by atoms with Gasteiger partial charge in [0.1, 0.15) is 11.6 Å². The summed E-state index contributed by atoms with van der Waals surface area (Å²) in [6.45, 7) is 1.67. The van der Waals surface area contributed by atoms with Crippen molar-refractivity contribution in [2.45, 2.75) is 6.92 Å². The second kappa shape index (κ2) is 5.28. The average molecular weight is 280 g/mol. The van der Waals surface area contributed by atoms with Gasteiger partial charge in [-0.15, -0.1) is 0 Å². The molecule has 2 aromatic rings. The van der Waals surface area contributed by atoms with E-state index in [4.69, 9.17) is 11.6 Å². The number of halogens is 2. The summed E-state index contributed by atoms with van der Waals surface area (Å²) in [6, 6.07) is 8.31. The van der Waals surface area contributed by atoms with E-state index in [-0.39, 0.29) is 11.4 Å². The van der Waals surface area contributed by atoms with E-state index >= 15 is 0 Å². The minimum Gasteiger partial charge on any atom is -0.508 e. The number of anilines is 1. The first-order valence-corrected chi connectivity index (χ1v) is 5.91. The van der Waals surface area contributed by atoms with E-state index in [1.54, 1.807) is 6.92 Å². The SMILES string of the molecule is Cc1cc(C(=O)Nc2cc(Cl)ccc2F)ccc1O. The molecule has 0 atom stereocenters. The number of nitrogens with one attached hydrogen (secondary N) is 1. The fourth-order valence-electron chi connectivity index (χ4n) is 1.58. The van der Waals surface area contributed by atoms with Gasteiger partial charge in [0, 0.05) is 10.6 Å². The fourth-order valence-corrected chi connectivity index (χ4v) is 1.76. The molecule has 5 heteroatoms. The van der Waals surface area contributed by atoms with Crippen LogP contribution in [0, 0.1) is 12.7 Å². The molecule has 0 aliphatic rings. The van der Waals surface area contributed by atoms with Crippen molar-refractivity contribution in [1.29, 1.82) is 0 Å². The smallest absolute Gasteiger partial charge is 0.255 e. The minimum atomic E-state index is -0.562. The molecule has 19 heavy (non-hydrogen) atoms. The molecule has 2 aromatic carbocycles. The van der Waals surface area contributed by atoms with Crippen LogP contribution in [-0.2, 0) is 0 Å². The van der Waals surface area contributed by atoms with Crippen molar-refractivity contribution in [3.63, 3.8) is 0 Å². The van der Waals surface area contributed by atoms with E-state index in [2.05, 4.69) is 5.32 Å². The van der Waals surface area contributed by atoms with Crippen LogP contribution < -0.4 is 5.32 Å². The van der Waals surface area contributed by atoms with Gasteiger partial charge in [0.05, 0.1) is 5.69 Å². The molecule has 98 valence electrons. The predicted octanol–water partition coefficient (Wildman–Crippen LogP) is 3.75. The Morgan fingerprint density at radius 1 is 1.26 bits per heavy atom. The molecule has 0 unspecified atom stereocenters. The van der Waals surface area contributed by atoms with Gasteiger partial charge in [-0.2, -0.15) is 0 Å². The summed E-state index contributed by atoms with van der Waals surface area (Å²) in [4.78, 5) is 11.9. The molecular weight excluding hydrogens is 269 g/mol. The first-order valence-electron chi connectivity index (χ1n) is 5.53. The standard InChI is InChI=1S/C14H11ClFNO2/c1-8-6-9(2-5-13(8)18)14(19)17-12-7-10(15)3-4-11(12)16/h2-7,18H,1H3,(H,17,19). The number of amides is 1. The van der Waals surface area contributed by atoms with Crippen LogP contribution in [-0.4, -0.2) is 11.0 Å². The molecule has 0 aliphatic heterocycles. The molecule has 0 saturated carbocycles. The molecule has 0 spiro atoms. The first kappa shape index (κ1) is 13.4. The molecule has 0 heterocycles. The zero-order valence-electron chi connectivity index (χ0n) is 10.1. The molecule has 0 aliphatic carbocycles. The van der Waals surface area contributed by atoms with Crippen molar-refractivity contribution in [3.05, 3.63) is 58.4 Å². The Morgan fingerprint density at radius 3 is 2.68 bits per heavy atom. The number of carbonyl (C=O) groups excluding carboxylic acids is 1. The Hall–Kier alpha value is -2.07. The van der Waals surface area contributed by atoms with E-state index in [0.717, 1.165) is 0 Å². The molecule has 0 aromatic heterocycles. The van der Waals surface area contributed by atoms with Crippen LogP contribution in [0.4, 0.5) is 10.1 Å². The van der Waals surface area contributed by atoms with E-state index in [0.29, 0.717) is 16.1 Å². The highest BCUT2D eigenvalue weighted by Gasteiger charge is 2.11. The topological polar surface area (TPSA) is 49.3 Å². The Labute approximate surface area is 114 Å². The monoisotopic (exact) mass is 279 g/mol. The maximum atomic E-state index is 13.5. The summed E-state index contributed by atoms with van der Waals surface area (Å²) in [7, 11) is 0. The Kier molecular flexibility index (Phi) is 3.71. The van der Waals surface area contributed by atoms with Gasteiger partial charge in [-0.1, -0.05) is 11.6 Å². The van der Waals surface area contributed by atoms with Crippen molar-refractivity contribution in [3.8, 4) is 5.75 Å². The molecule has 0 fully saturated rings. The quantitative estimate of drug-likeness (QED) is 0.880. The van der Waals surface area contributed by atoms with Gasteiger partial charge in [0.2, 0.25) is 0 Å². The second-order valence-electron chi connectivity index (χ2n) is 4.08. The van der Waals surface area contributed by atoms with Gasteiger partial charge in [-0.3, -0.25) is 4.79 Å². The lowest BCUT2D eigenvalue weighted by Crippen LogP contribution is -2.13. The highest BCUT2D eigenvalue weighted by molar-refractivity contribution is 6.31. The maximum absolute atomic E-state index is 13.5. The number of benzene rings is 2. The Morgan fingerprint density at radius 2 is 2.00 bits per heavy atom. The highest BCUT2D eigenvalue weighted by Crippen LogP contribution is 2.21. The number of hydrogen-bond donors (Lipinski definition) is 2. The number of carbonyl (C=O) groups is 1. The molecule has 2 N–H and O–H groups in total. The summed E-state index contributed by atoms with van der Waals surface area (Å²) in [5, 5.41) is 12.2. The zero-order valence-corrected chi connectivity index (χ0v) is 10.8. The molecule has 0 bridgehead atoms. The summed E-state index contributed by atoms with van der Waals surface area (Å²) < 4.78 is 13.5. The van der Waals surface area contributed by atoms with E-state index in [1.807, 2.05) is 0 Å². The van der Waals surface area contributed by atoms with Crippen LogP contribution in [0.5, 0.6) is 5.75 Å². The van der Waals surface area contributed by atoms with E-state index in [9.17, 15) is 14.3 Å². The Balaban J connectivity index is 2.25. The van der Waals surface area contributed by atoms with Crippen LogP contribution in [0.1, 0.15) is 15.9 Å². The minimum absolute atomic E-state index is 0.0169.